The summed E-state index contributed by atoms with van der Waals surface area (Å²) in [4.78, 5) is 0. The number of nitrogens with one attached hydrogen (secondary N) is 1. The van der Waals surface area contributed by atoms with Gasteiger partial charge in [-0.2, -0.15) is 0 Å². The summed E-state index contributed by atoms with van der Waals surface area (Å²) >= 11 is 0. The first kappa shape index (κ1) is 8.23. The van der Waals surface area contributed by atoms with Gasteiger partial charge >= 0.3 is 0 Å². The van der Waals surface area contributed by atoms with Crippen LogP contribution in [0.25, 0.3) is 0 Å². The summed E-state index contributed by atoms with van der Waals surface area (Å²) in [5, 5.41) is 21.8. The number of hydrogen-bond donors (Lipinski definition) is 3. The van der Waals surface area contributed by atoms with E-state index in [-0.39, 0.29) is 16.9 Å². The van der Waals surface area contributed by atoms with E-state index in [1.54, 1.807) is 12.1 Å². The summed E-state index contributed by atoms with van der Waals surface area (Å²) in [6, 6.07) is 3.20. The molecule has 0 bridgehead atoms. The number of rotatable bonds is 0. The van der Waals surface area contributed by atoms with Crippen molar-refractivity contribution in [1.82, 2.24) is 0 Å². The molecule has 3 N–H and O–H groups in total. The minimum absolute atomic E-state index is 0.0283. The number of phenols is 2. The van der Waals surface area contributed by atoms with Gasteiger partial charge in [0.15, 0.2) is 11.5 Å². The van der Waals surface area contributed by atoms with Crippen molar-refractivity contribution in [2.45, 2.75) is 19.3 Å². The molecule has 0 aliphatic carbocycles. The minimum atomic E-state index is -0.0658. The molecule has 1 aliphatic rings. The second kappa shape index (κ2) is 2.31. The van der Waals surface area contributed by atoms with Crippen LogP contribution in [0.5, 0.6) is 11.5 Å². The molecule has 0 fully saturated rings. The first-order valence-electron chi connectivity index (χ1n) is 4.31. The van der Waals surface area contributed by atoms with Crippen LogP contribution in [0.15, 0.2) is 12.1 Å². The lowest BCUT2D eigenvalue weighted by Gasteiger charge is -2.16. The number of benzene rings is 1. The van der Waals surface area contributed by atoms with E-state index in [2.05, 4.69) is 19.2 Å². The van der Waals surface area contributed by atoms with Crippen molar-refractivity contribution < 1.29 is 10.2 Å². The first-order valence-corrected chi connectivity index (χ1v) is 4.31. The Hall–Kier alpha value is -1.38. The molecule has 1 aromatic carbocycles. The van der Waals surface area contributed by atoms with Gasteiger partial charge in [0.2, 0.25) is 0 Å². The van der Waals surface area contributed by atoms with Crippen molar-refractivity contribution in [2.24, 2.45) is 0 Å². The number of aromatic hydroxyl groups is 2. The van der Waals surface area contributed by atoms with Gasteiger partial charge in [-0.1, -0.05) is 13.8 Å². The van der Waals surface area contributed by atoms with Crippen molar-refractivity contribution in [3.8, 4) is 11.5 Å². The zero-order valence-corrected chi connectivity index (χ0v) is 7.76. The van der Waals surface area contributed by atoms with Gasteiger partial charge in [0, 0.05) is 23.7 Å². The van der Waals surface area contributed by atoms with Crippen LogP contribution in [0.2, 0.25) is 0 Å². The van der Waals surface area contributed by atoms with Crippen molar-refractivity contribution in [3.05, 3.63) is 17.7 Å². The monoisotopic (exact) mass is 179 g/mol. The molecule has 3 nitrogen and oxygen atoms in total. The van der Waals surface area contributed by atoms with E-state index >= 15 is 0 Å². The van der Waals surface area contributed by atoms with Crippen LogP contribution < -0.4 is 5.32 Å². The largest absolute Gasteiger partial charge is 0.504 e. The van der Waals surface area contributed by atoms with E-state index in [1.165, 1.54) is 0 Å². The predicted molar refractivity (Wildman–Crippen MR) is 51.3 cm³/mol. The maximum Gasteiger partial charge on any atom is 0.159 e. The van der Waals surface area contributed by atoms with Crippen LogP contribution in [-0.4, -0.2) is 16.8 Å². The van der Waals surface area contributed by atoms with Gasteiger partial charge in [0.05, 0.1) is 0 Å². The zero-order valence-electron chi connectivity index (χ0n) is 7.76. The molecule has 0 radical (unpaired) electrons. The molecule has 0 saturated carbocycles. The zero-order chi connectivity index (χ0) is 9.64. The number of phenolic OH excluding ortho intramolecular Hbond substituents is 2. The summed E-state index contributed by atoms with van der Waals surface area (Å²) < 4.78 is 0. The molecule has 0 unspecified atom stereocenters. The van der Waals surface area contributed by atoms with Crippen LogP contribution in [0, 0.1) is 0 Å². The average Bonchev–Trinajstić information content (AvgIpc) is 2.31. The van der Waals surface area contributed by atoms with Crippen LogP contribution in [0.4, 0.5) is 5.69 Å². The fraction of sp³-hybridized carbons (Fsp3) is 0.400. The topological polar surface area (TPSA) is 52.5 Å². The molecule has 70 valence electrons. The fourth-order valence-electron chi connectivity index (χ4n) is 1.69. The number of hydrogen-bond acceptors (Lipinski definition) is 3. The second-order valence-electron chi connectivity index (χ2n) is 4.12. The Balaban J connectivity index is 2.61. The highest BCUT2D eigenvalue weighted by atomic mass is 16.3. The van der Waals surface area contributed by atoms with Gasteiger partial charge in [-0.05, 0) is 11.6 Å². The van der Waals surface area contributed by atoms with Crippen molar-refractivity contribution in [3.63, 3.8) is 0 Å². The van der Waals surface area contributed by atoms with E-state index in [1.807, 2.05) is 0 Å². The lowest BCUT2D eigenvalue weighted by molar-refractivity contribution is 0.402. The van der Waals surface area contributed by atoms with Gasteiger partial charge in [-0.25, -0.2) is 0 Å². The average molecular weight is 179 g/mol. The van der Waals surface area contributed by atoms with E-state index in [0.29, 0.717) is 0 Å². The maximum absolute atomic E-state index is 9.34. The Morgan fingerprint density at radius 3 is 2.54 bits per heavy atom. The van der Waals surface area contributed by atoms with Gasteiger partial charge in [-0.3, -0.25) is 0 Å². The van der Waals surface area contributed by atoms with Gasteiger partial charge in [-0.15, -0.1) is 0 Å². The van der Waals surface area contributed by atoms with Crippen molar-refractivity contribution >= 4 is 5.69 Å². The van der Waals surface area contributed by atoms with Crippen LogP contribution in [0.1, 0.15) is 19.4 Å². The second-order valence-corrected chi connectivity index (χ2v) is 4.12. The molecular formula is C10H13NO2. The highest BCUT2D eigenvalue weighted by Crippen LogP contribution is 2.41. The molecule has 0 aromatic heterocycles. The van der Waals surface area contributed by atoms with Crippen molar-refractivity contribution in [1.29, 1.82) is 0 Å². The summed E-state index contributed by atoms with van der Waals surface area (Å²) in [5.74, 6) is -0.112. The molecule has 2 rings (SSSR count). The Bertz CT molecular complexity index is 358. The molecular weight excluding hydrogens is 166 g/mol. The maximum atomic E-state index is 9.34. The van der Waals surface area contributed by atoms with Crippen LogP contribution in [0.3, 0.4) is 0 Å². The molecule has 0 saturated heterocycles. The highest BCUT2D eigenvalue weighted by Gasteiger charge is 2.30. The van der Waals surface area contributed by atoms with E-state index in [4.69, 9.17) is 0 Å². The fourth-order valence-corrected chi connectivity index (χ4v) is 1.69. The molecule has 0 spiro atoms. The number of fused-ring (bicyclic) bond motifs is 1. The van der Waals surface area contributed by atoms with Gasteiger partial charge < -0.3 is 15.5 Å². The normalized spacial score (nSPS) is 18.0. The van der Waals surface area contributed by atoms with Gasteiger partial charge in [0.1, 0.15) is 0 Å². The third kappa shape index (κ3) is 1.11. The van der Waals surface area contributed by atoms with Crippen molar-refractivity contribution in [2.75, 3.05) is 11.9 Å². The minimum Gasteiger partial charge on any atom is -0.504 e. The lowest BCUT2D eigenvalue weighted by Crippen LogP contribution is -2.18. The van der Waals surface area contributed by atoms with Crippen LogP contribution >= 0.6 is 0 Å². The summed E-state index contributed by atoms with van der Waals surface area (Å²) in [7, 11) is 0. The van der Waals surface area contributed by atoms with Gasteiger partial charge in [0.25, 0.3) is 0 Å². The first-order chi connectivity index (χ1) is 6.00. The third-order valence-electron chi connectivity index (χ3n) is 2.56. The Morgan fingerprint density at radius 1 is 1.23 bits per heavy atom. The summed E-state index contributed by atoms with van der Waals surface area (Å²) in [5.41, 5.74) is 2.00. The summed E-state index contributed by atoms with van der Waals surface area (Å²) in [6.45, 7) is 5.04. The van der Waals surface area contributed by atoms with E-state index < -0.39 is 0 Å². The highest BCUT2D eigenvalue weighted by molar-refractivity contribution is 5.65. The molecule has 0 atom stereocenters. The SMILES string of the molecule is CC1(C)CNc2cc(O)c(O)cc21. The van der Waals surface area contributed by atoms with E-state index in [9.17, 15) is 10.2 Å². The molecule has 3 heteroatoms. The smallest absolute Gasteiger partial charge is 0.159 e. The summed E-state index contributed by atoms with van der Waals surface area (Å²) in [6.07, 6.45) is 0. The Kier molecular flexibility index (Phi) is 1.46. The quantitative estimate of drug-likeness (QED) is 0.420. The lowest BCUT2D eigenvalue weighted by atomic mass is 9.87. The van der Waals surface area contributed by atoms with Crippen LogP contribution in [-0.2, 0) is 5.41 Å². The Morgan fingerprint density at radius 2 is 1.85 bits per heavy atom. The standard InChI is InChI=1S/C10H13NO2/c1-10(2)5-11-7-4-9(13)8(12)3-6(7)10/h3-4,11-13H,5H2,1-2H3. The molecule has 1 aliphatic heterocycles. The Labute approximate surface area is 77.0 Å². The third-order valence-corrected chi connectivity index (χ3v) is 2.56. The molecule has 1 aromatic rings. The molecule has 13 heavy (non-hydrogen) atoms. The predicted octanol–water partition coefficient (Wildman–Crippen LogP) is 1.80. The number of anilines is 1. The molecule has 1 heterocycles. The molecule has 0 amide bonds. The van der Waals surface area contributed by atoms with E-state index in [0.717, 1.165) is 17.8 Å².